The lowest BCUT2D eigenvalue weighted by atomic mass is 9.91. The summed E-state index contributed by atoms with van der Waals surface area (Å²) in [6.07, 6.45) is 9.55. The summed E-state index contributed by atoms with van der Waals surface area (Å²) in [6.45, 7) is 2.02. The topological polar surface area (TPSA) is 64.3 Å². The van der Waals surface area contributed by atoms with Crippen LogP contribution in [0.5, 0.6) is 0 Å². The van der Waals surface area contributed by atoms with Gasteiger partial charge in [-0.15, -0.1) is 12.4 Å². The van der Waals surface area contributed by atoms with Gasteiger partial charge in [-0.2, -0.15) is 0 Å². The van der Waals surface area contributed by atoms with Gasteiger partial charge in [-0.05, 0) is 44.9 Å². The number of carbonyl (C=O) groups is 1. The molecule has 1 atom stereocenters. The molecule has 2 rings (SSSR count). The van der Waals surface area contributed by atoms with Crippen LogP contribution in [0.2, 0.25) is 0 Å². The quantitative estimate of drug-likeness (QED) is 0.820. The predicted molar refractivity (Wildman–Crippen MR) is 83.0 cm³/mol. The maximum Gasteiger partial charge on any atom is 0.249 e. The van der Waals surface area contributed by atoms with Crippen molar-refractivity contribution in [3.8, 4) is 0 Å². The molecule has 118 valence electrons. The molecular formula is C15H29ClN2O2. The van der Waals surface area contributed by atoms with Gasteiger partial charge in [0.25, 0.3) is 0 Å². The van der Waals surface area contributed by atoms with Crippen molar-refractivity contribution >= 4 is 18.3 Å². The van der Waals surface area contributed by atoms with Crippen LogP contribution in [0.15, 0.2) is 0 Å². The number of nitrogens with one attached hydrogen (secondary N) is 1. The lowest BCUT2D eigenvalue weighted by molar-refractivity contribution is -0.137. The van der Waals surface area contributed by atoms with Crippen molar-refractivity contribution < 1.29 is 9.53 Å². The zero-order valence-corrected chi connectivity index (χ0v) is 13.3. The van der Waals surface area contributed by atoms with E-state index < -0.39 is 0 Å². The number of halogens is 1. The lowest BCUT2D eigenvalue weighted by Crippen LogP contribution is -2.45. The molecule has 2 aliphatic rings. The highest BCUT2D eigenvalue weighted by Gasteiger charge is 2.27. The van der Waals surface area contributed by atoms with Gasteiger partial charge in [-0.3, -0.25) is 4.79 Å². The first-order valence-corrected chi connectivity index (χ1v) is 7.90. The number of hydrogen-bond donors (Lipinski definition) is 2. The molecule has 1 amide bonds. The number of rotatable bonds is 5. The minimum Gasteiger partial charge on any atom is -0.365 e. The van der Waals surface area contributed by atoms with Crippen LogP contribution in [0.1, 0.15) is 64.7 Å². The van der Waals surface area contributed by atoms with Crippen LogP contribution in [0, 0.1) is 0 Å². The summed E-state index contributed by atoms with van der Waals surface area (Å²) in [5.74, 6) is 0.0786. The van der Waals surface area contributed by atoms with Crippen molar-refractivity contribution in [2.75, 3.05) is 0 Å². The van der Waals surface area contributed by atoms with Crippen LogP contribution in [-0.2, 0) is 9.53 Å². The van der Waals surface area contributed by atoms with Gasteiger partial charge in [0.15, 0.2) is 0 Å². The number of carbonyl (C=O) groups excluding carboxylic acids is 1. The van der Waals surface area contributed by atoms with Crippen molar-refractivity contribution in [3.05, 3.63) is 0 Å². The van der Waals surface area contributed by atoms with Crippen molar-refractivity contribution in [1.29, 1.82) is 0 Å². The van der Waals surface area contributed by atoms with Gasteiger partial charge in [-0.25, -0.2) is 0 Å². The molecule has 0 aliphatic heterocycles. The Balaban J connectivity index is 0.00000200. The van der Waals surface area contributed by atoms with Crippen molar-refractivity contribution in [2.24, 2.45) is 5.73 Å². The Morgan fingerprint density at radius 1 is 1.20 bits per heavy atom. The molecule has 2 fully saturated rings. The molecular weight excluding hydrogens is 276 g/mol. The molecule has 1 unspecified atom stereocenters. The first-order valence-electron chi connectivity index (χ1n) is 7.90. The van der Waals surface area contributed by atoms with Crippen LogP contribution in [0.3, 0.4) is 0 Å². The van der Waals surface area contributed by atoms with E-state index in [0.29, 0.717) is 18.2 Å². The van der Waals surface area contributed by atoms with Crippen LogP contribution < -0.4 is 11.1 Å². The van der Waals surface area contributed by atoms with Gasteiger partial charge in [0, 0.05) is 12.1 Å². The van der Waals surface area contributed by atoms with E-state index in [1.165, 1.54) is 12.8 Å². The maximum atomic E-state index is 12.2. The second-order valence-corrected chi connectivity index (χ2v) is 6.06. The Bertz CT molecular complexity index is 288. The summed E-state index contributed by atoms with van der Waals surface area (Å²) in [7, 11) is 0. The summed E-state index contributed by atoms with van der Waals surface area (Å²) < 4.78 is 5.95. The summed E-state index contributed by atoms with van der Waals surface area (Å²) in [4.78, 5) is 12.2. The summed E-state index contributed by atoms with van der Waals surface area (Å²) >= 11 is 0. The van der Waals surface area contributed by atoms with E-state index >= 15 is 0 Å². The van der Waals surface area contributed by atoms with E-state index in [1.54, 1.807) is 0 Å². The van der Waals surface area contributed by atoms with Gasteiger partial charge in [0.2, 0.25) is 5.91 Å². The number of amides is 1. The monoisotopic (exact) mass is 304 g/mol. The van der Waals surface area contributed by atoms with Gasteiger partial charge >= 0.3 is 0 Å². The van der Waals surface area contributed by atoms with E-state index in [4.69, 9.17) is 10.5 Å². The zero-order chi connectivity index (χ0) is 13.7. The molecule has 0 spiro atoms. The number of hydrogen-bond acceptors (Lipinski definition) is 3. The molecule has 0 aromatic heterocycles. The fraction of sp³-hybridized carbons (Fsp3) is 0.933. The molecule has 2 saturated carbocycles. The third-order valence-corrected chi connectivity index (χ3v) is 4.44. The number of ether oxygens (including phenoxy) is 1. The van der Waals surface area contributed by atoms with Crippen molar-refractivity contribution in [3.63, 3.8) is 0 Å². The fourth-order valence-corrected chi connectivity index (χ4v) is 3.16. The average Bonchev–Trinajstić information content (AvgIpc) is 2.91. The van der Waals surface area contributed by atoms with E-state index in [9.17, 15) is 4.79 Å². The first kappa shape index (κ1) is 17.7. The number of nitrogens with two attached hydrogens (primary N) is 1. The molecule has 20 heavy (non-hydrogen) atoms. The van der Waals surface area contributed by atoms with Gasteiger partial charge < -0.3 is 15.8 Å². The fourth-order valence-electron chi connectivity index (χ4n) is 3.16. The van der Waals surface area contributed by atoms with E-state index in [0.717, 1.165) is 44.9 Å². The highest BCUT2D eigenvalue weighted by Crippen LogP contribution is 2.23. The Morgan fingerprint density at radius 2 is 1.80 bits per heavy atom. The maximum absolute atomic E-state index is 12.2. The molecule has 0 bridgehead atoms. The average molecular weight is 305 g/mol. The summed E-state index contributed by atoms with van der Waals surface area (Å²) in [5.41, 5.74) is 5.89. The molecule has 0 radical (unpaired) electrons. The molecule has 4 nitrogen and oxygen atoms in total. The van der Waals surface area contributed by atoms with Crippen LogP contribution in [0.4, 0.5) is 0 Å². The minimum atomic E-state index is -0.265. The Kier molecular flexibility index (Phi) is 7.85. The molecule has 0 saturated heterocycles. The van der Waals surface area contributed by atoms with Crippen molar-refractivity contribution in [1.82, 2.24) is 5.32 Å². The normalized spacial score (nSPS) is 28.7. The second kappa shape index (κ2) is 8.85. The van der Waals surface area contributed by atoms with Crippen molar-refractivity contribution in [2.45, 2.75) is 89.0 Å². The second-order valence-electron chi connectivity index (χ2n) is 6.06. The Morgan fingerprint density at radius 3 is 2.35 bits per heavy atom. The van der Waals surface area contributed by atoms with E-state index in [1.807, 2.05) is 6.92 Å². The van der Waals surface area contributed by atoms with Gasteiger partial charge in [0.1, 0.15) is 6.10 Å². The Hall–Kier alpha value is -0.320. The van der Waals surface area contributed by atoms with Crippen LogP contribution in [0.25, 0.3) is 0 Å². The molecule has 2 aliphatic carbocycles. The van der Waals surface area contributed by atoms with E-state index in [-0.39, 0.29) is 24.4 Å². The largest absolute Gasteiger partial charge is 0.365 e. The Labute approximate surface area is 128 Å². The smallest absolute Gasteiger partial charge is 0.249 e. The lowest BCUT2D eigenvalue weighted by Gasteiger charge is -2.29. The third-order valence-electron chi connectivity index (χ3n) is 4.44. The SMILES string of the molecule is CCC(OC1CCCC1)C(=O)NC1CCC(N)CC1.Cl. The molecule has 0 aromatic rings. The molecule has 5 heteroatoms. The zero-order valence-electron chi connectivity index (χ0n) is 12.5. The molecule has 0 heterocycles. The van der Waals surface area contributed by atoms with Crippen LogP contribution in [-0.4, -0.2) is 30.2 Å². The summed E-state index contributed by atoms with van der Waals surface area (Å²) in [6, 6.07) is 0.624. The highest BCUT2D eigenvalue weighted by molar-refractivity contribution is 5.85. The molecule has 0 aromatic carbocycles. The highest BCUT2D eigenvalue weighted by atomic mass is 35.5. The molecule has 3 N–H and O–H groups in total. The minimum absolute atomic E-state index is 0. The summed E-state index contributed by atoms with van der Waals surface area (Å²) in [5, 5.41) is 3.14. The van der Waals surface area contributed by atoms with Crippen LogP contribution >= 0.6 is 12.4 Å². The van der Waals surface area contributed by atoms with E-state index in [2.05, 4.69) is 5.32 Å². The third kappa shape index (κ3) is 5.23. The van der Waals surface area contributed by atoms with Gasteiger partial charge in [0.05, 0.1) is 6.10 Å². The standard InChI is InChI=1S/C15H28N2O2.ClH/c1-2-14(19-13-5-3-4-6-13)15(18)17-12-9-7-11(16)8-10-12;/h11-14H,2-10,16H2,1H3,(H,17,18);1H. The first-order chi connectivity index (χ1) is 9.19. The van der Waals surface area contributed by atoms with Gasteiger partial charge in [-0.1, -0.05) is 19.8 Å². The predicted octanol–water partition coefficient (Wildman–Crippen LogP) is 2.53.